The topological polar surface area (TPSA) is 66.0 Å². The molecular formula is C18H14N2O2. The summed E-state index contributed by atoms with van der Waals surface area (Å²) in [7, 11) is 3.13. The van der Waals surface area contributed by atoms with Gasteiger partial charge >= 0.3 is 0 Å². The Labute approximate surface area is 129 Å². The van der Waals surface area contributed by atoms with E-state index in [9.17, 15) is 5.26 Å². The molecule has 0 aliphatic rings. The highest BCUT2D eigenvalue weighted by atomic mass is 16.5. The maximum atomic E-state index is 9.40. The molecular weight excluding hydrogens is 276 g/mol. The van der Waals surface area contributed by atoms with Crippen LogP contribution in [0.2, 0.25) is 0 Å². The van der Waals surface area contributed by atoms with E-state index in [1.165, 1.54) is 0 Å². The molecule has 0 aromatic heterocycles. The number of nitriles is 2. The molecule has 0 unspecified atom stereocenters. The predicted molar refractivity (Wildman–Crippen MR) is 84.2 cm³/mol. The van der Waals surface area contributed by atoms with E-state index in [4.69, 9.17) is 14.7 Å². The predicted octanol–water partition coefficient (Wildman–Crippen LogP) is 3.64. The summed E-state index contributed by atoms with van der Waals surface area (Å²) in [5.41, 5.74) is 2.53. The molecule has 2 aromatic carbocycles. The van der Waals surface area contributed by atoms with Gasteiger partial charge in [0.2, 0.25) is 0 Å². The zero-order valence-corrected chi connectivity index (χ0v) is 12.3. The normalized spacial score (nSPS) is 10.5. The fraction of sp³-hybridized carbons (Fsp3) is 0.111. The van der Waals surface area contributed by atoms with Crippen molar-refractivity contribution in [2.75, 3.05) is 14.2 Å². The number of ether oxygens (including phenoxy) is 2. The van der Waals surface area contributed by atoms with Crippen LogP contribution < -0.4 is 9.47 Å². The maximum Gasteiger partial charge on any atom is 0.167 e. The number of hydrogen-bond acceptors (Lipinski definition) is 4. The van der Waals surface area contributed by atoms with E-state index in [-0.39, 0.29) is 0 Å². The molecule has 0 fully saturated rings. The van der Waals surface area contributed by atoms with Crippen molar-refractivity contribution < 1.29 is 9.47 Å². The molecule has 0 aliphatic carbocycles. The first-order valence-corrected chi connectivity index (χ1v) is 6.56. The van der Waals surface area contributed by atoms with Crippen LogP contribution in [0.5, 0.6) is 11.5 Å². The maximum absolute atomic E-state index is 9.40. The van der Waals surface area contributed by atoms with Crippen LogP contribution in [0.4, 0.5) is 0 Å². The number of allylic oxidation sites excluding steroid dienone is 1. The number of methoxy groups -OCH3 is 2. The van der Waals surface area contributed by atoms with Crippen molar-refractivity contribution in [3.8, 4) is 23.6 Å². The molecule has 22 heavy (non-hydrogen) atoms. The van der Waals surface area contributed by atoms with Crippen LogP contribution in [0, 0.1) is 22.7 Å². The zero-order valence-electron chi connectivity index (χ0n) is 12.3. The van der Waals surface area contributed by atoms with Gasteiger partial charge in [0, 0.05) is 5.56 Å². The van der Waals surface area contributed by atoms with Crippen molar-refractivity contribution in [2.45, 2.75) is 0 Å². The highest BCUT2D eigenvalue weighted by molar-refractivity contribution is 5.91. The largest absolute Gasteiger partial charge is 0.493 e. The average molecular weight is 290 g/mol. The van der Waals surface area contributed by atoms with Gasteiger partial charge in [-0.25, -0.2) is 0 Å². The van der Waals surface area contributed by atoms with Gasteiger partial charge in [-0.3, -0.25) is 0 Å². The minimum atomic E-state index is 0.482. The highest BCUT2D eigenvalue weighted by Gasteiger charge is 2.09. The Balaban J connectivity index is 2.49. The van der Waals surface area contributed by atoms with Crippen LogP contribution in [0.3, 0.4) is 0 Å². The molecule has 0 bridgehead atoms. The van der Waals surface area contributed by atoms with Crippen LogP contribution in [-0.4, -0.2) is 14.2 Å². The minimum absolute atomic E-state index is 0.482. The SMILES string of the molecule is COc1cccc(C=C(C#N)c2ccc(C#N)cc2)c1OC. The quantitative estimate of drug-likeness (QED) is 0.637. The summed E-state index contributed by atoms with van der Waals surface area (Å²) in [6.07, 6.45) is 1.74. The first-order chi connectivity index (χ1) is 10.7. The average Bonchev–Trinajstić information content (AvgIpc) is 2.59. The number of benzene rings is 2. The van der Waals surface area contributed by atoms with Gasteiger partial charge in [0.1, 0.15) is 0 Å². The van der Waals surface area contributed by atoms with E-state index in [0.717, 1.165) is 11.1 Å². The lowest BCUT2D eigenvalue weighted by molar-refractivity contribution is 0.354. The minimum Gasteiger partial charge on any atom is -0.493 e. The summed E-state index contributed by atoms with van der Waals surface area (Å²) in [4.78, 5) is 0. The van der Waals surface area contributed by atoms with Gasteiger partial charge in [-0.05, 0) is 29.8 Å². The van der Waals surface area contributed by atoms with E-state index in [2.05, 4.69) is 12.1 Å². The van der Waals surface area contributed by atoms with Crippen molar-refractivity contribution in [2.24, 2.45) is 0 Å². The standard InChI is InChI=1S/C18H14N2O2/c1-21-17-5-3-4-15(18(17)22-2)10-16(12-20)14-8-6-13(11-19)7-9-14/h3-10H,1-2H3. The number of para-hydroxylation sites is 1. The summed E-state index contributed by atoms with van der Waals surface area (Å²) < 4.78 is 10.6. The lowest BCUT2D eigenvalue weighted by Gasteiger charge is -2.10. The third-order valence-corrected chi connectivity index (χ3v) is 3.18. The summed E-state index contributed by atoms with van der Waals surface area (Å²) in [6.45, 7) is 0. The Hall–Kier alpha value is -3.24. The van der Waals surface area contributed by atoms with Gasteiger partial charge < -0.3 is 9.47 Å². The second-order valence-electron chi connectivity index (χ2n) is 4.44. The molecule has 0 heterocycles. The van der Waals surface area contributed by atoms with Crippen LogP contribution in [0.1, 0.15) is 16.7 Å². The Morgan fingerprint density at radius 2 is 1.73 bits per heavy atom. The summed E-state index contributed by atoms with van der Waals surface area (Å²) in [6, 6.07) is 16.6. The van der Waals surface area contributed by atoms with Crippen LogP contribution in [0.15, 0.2) is 42.5 Å². The molecule has 0 spiro atoms. The zero-order chi connectivity index (χ0) is 15.9. The second-order valence-corrected chi connectivity index (χ2v) is 4.44. The molecule has 4 nitrogen and oxygen atoms in total. The third kappa shape index (κ3) is 3.08. The molecule has 0 atom stereocenters. The smallest absolute Gasteiger partial charge is 0.167 e. The van der Waals surface area contributed by atoms with Crippen molar-refractivity contribution in [3.05, 3.63) is 59.2 Å². The lowest BCUT2D eigenvalue weighted by atomic mass is 10.0. The van der Waals surface area contributed by atoms with Crippen molar-refractivity contribution in [3.63, 3.8) is 0 Å². The number of rotatable bonds is 4. The van der Waals surface area contributed by atoms with Gasteiger partial charge in [0.15, 0.2) is 11.5 Å². The van der Waals surface area contributed by atoms with E-state index < -0.39 is 0 Å². The Morgan fingerprint density at radius 3 is 2.27 bits per heavy atom. The fourth-order valence-corrected chi connectivity index (χ4v) is 2.09. The molecule has 0 radical (unpaired) electrons. The Kier molecular flexibility index (Phi) is 4.80. The molecule has 4 heteroatoms. The molecule has 2 aromatic rings. The molecule has 108 valence electrons. The number of hydrogen-bond donors (Lipinski definition) is 0. The van der Waals surface area contributed by atoms with Crippen molar-refractivity contribution in [1.29, 1.82) is 10.5 Å². The summed E-state index contributed by atoms with van der Waals surface area (Å²) in [5, 5.41) is 18.2. The highest BCUT2D eigenvalue weighted by Crippen LogP contribution is 2.33. The fourth-order valence-electron chi connectivity index (χ4n) is 2.09. The van der Waals surface area contributed by atoms with Crippen molar-refractivity contribution in [1.82, 2.24) is 0 Å². The molecule has 2 rings (SSSR count). The van der Waals surface area contributed by atoms with Gasteiger partial charge in [-0.2, -0.15) is 10.5 Å². The van der Waals surface area contributed by atoms with E-state index in [1.54, 1.807) is 50.6 Å². The first-order valence-electron chi connectivity index (χ1n) is 6.56. The first kappa shape index (κ1) is 15.2. The van der Waals surface area contributed by atoms with Crippen LogP contribution >= 0.6 is 0 Å². The molecule has 0 amide bonds. The van der Waals surface area contributed by atoms with Crippen molar-refractivity contribution >= 4 is 11.6 Å². The lowest BCUT2D eigenvalue weighted by Crippen LogP contribution is -1.93. The number of nitrogens with zero attached hydrogens (tertiary/aromatic N) is 2. The molecule has 0 saturated heterocycles. The van der Waals surface area contributed by atoms with Gasteiger partial charge in [0.05, 0.1) is 37.5 Å². The van der Waals surface area contributed by atoms with Crippen LogP contribution in [-0.2, 0) is 0 Å². The monoisotopic (exact) mass is 290 g/mol. The Morgan fingerprint density at radius 1 is 1.00 bits per heavy atom. The second kappa shape index (κ2) is 6.97. The summed E-state index contributed by atoms with van der Waals surface area (Å²) >= 11 is 0. The van der Waals surface area contributed by atoms with E-state index in [1.807, 2.05) is 12.1 Å². The van der Waals surface area contributed by atoms with Gasteiger partial charge in [-0.15, -0.1) is 0 Å². The van der Waals surface area contributed by atoms with E-state index >= 15 is 0 Å². The van der Waals surface area contributed by atoms with Gasteiger partial charge in [0.25, 0.3) is 0 Å². The Bertz CT molecular complexity index is 778. The third-order valence-electron chi connectivity index (χ3n) is 3.18. The summed E-state index contributed by atoms with van der Waals surface area (Å²) in [5.74, 6) is 1.18. The van der Waals surface area contributed by atoms with Crippen LogP contribution in [0.25, 0.3) is 11.6 Å². The molecule has 0 aliphatic heterocycles. The molecule has 0 saturated carbocycles. The van der Waals surface area contributed by atoms with Gasteiger partial charge in [-0.1, -0.05) is 24.3 Å². The molecule has 0 N–H and O–H groups in total. The van der Waals surface area contributed by atoms with E-state index in [0.29, 0.717) is 22.6 Å².